The third-order valence-electron chi connectivity index (χ3n) is 6.77. The molecule has 5 aromatic rings. The molecule has 0 saturated carbocycles. The highest BCUT2D eigenvalue weighted by atomic mass is 16.6. The summed E-state index contributed by atoms with van der Waals surface area (Å²) >= 11 is 0. The lowest BCUT2D eigenvalue weighted by atomic mass is 10.1. The highest BCUT2D eigenvalue weighted by Gasteiger charge is 2.17. The maximum Gasteiger partial charge on any atom is 0.344 e. The predicted octanol–water partition coefficient (Wildman–Crippen LogP) is 7.49. The van der Waals surface area contributed by atoms with Crippen molar-refractivity contribution in [3.8, 4) is 22.8 Å². The van der Waals surface area contributed by atoms with E-state index in [4.69, 9.17) is 14.2 Å². The number of fused-ring (bicyclic) bond motifs is 1. The van der Waals surface area contributed by atoms with Gasteiger partial charge in [-0.2, -0.15) is 0 Å². The Kier molecular flexibility index (Phi) is 7.97. The summed E-state index contributed by atoms with van der Waals surface area (Å²) in [5.41, 5.74) is 8.30. The number of rotatable bonds is 10. The van der Waals surface area contributed by atoms with Crippen LogP contribution in [0.3, 0.4) is 0 Å². The van der Waals surface area contributed by atoms with Gasteiger partial charge in [-0.3, -0.25) is 0 Å². The Morgan fingerprint density at radius 2 is 1.46 bits per heavy atom. The van der Waals surface area contributed by atoms with Crippen LogP contribution in [0.5, 0.6) is 11.5 Å². The lowest BCUT2D eigenvalue weighted by molar-refractivity contribution is -0.145. The number of benzene rings is 4. The number of esters is 1. The van der Waals surface area contributed by atoms with Gasteiger partial charge in [0.05, 0.1) is 12.3 Å². The second-order valence-corrected chi connectivity index (χ2v) is 9.62. The van der Waals surface area contributed by atoms with E-state index in [1.54, 1.807) is 6.92 Å². The standard InChI is InChI=1S/C34H33NO4/c1-4-37-33(36)23-39-29-15-11-26(12-16-29)21-35-32-19-10-24(2)20-31(32)25(3)34(35)28-13-17-30(18-14-28)38-22-27-8-6-5-7-9-27/h5-20H,4,21-23H2,1-3H3. The Hall–Kier alpha value is -4.51. The van der Waals surface area contributed by atoms with Gasteiger partial charge in [-0.25, -0.2) is 4.79 Å². The Balaban J connectivity index is 1.40. The summed E-state index contributed by atoms with van der Waals surface area (Å²) in [6, 6.07) is 33.1. The number of aromatic nitrogens is 1. The lowest BCUT2D eigenvalue weighted by Crippen LogP contribution is -2.14. The SMILES string of the molecule is CCOC(=O)COc1ccc(Cn2c(-c3ccc(OCc4ccccc4)cc3)c(C)c3cc(C)ccc32)cc1. The van der Waals surface area contributed by atoms with E-state index in [0.717, 1.165) is 22.4 Å². The van der Waals surface area contributed by atoms with Crippen LogP contribution in [-0.4, -0.2) is 23.8 Å². The van der Waals surface area contributed by atoms with E-state index in [9.17, 15) is 4.79 Å². The molecule has 5 heteroatoms. The number of nitrogens with zero attached hydrogens (tertiary/aromatic N) is 1. The third kappa shape index (κ3) is 6.15. The first kappa shape index (κ1) is 26.1. The smallest absolute Gasteiger partial charge is 0.344 e. The molecule has 1 aromatic heterocycles. The van der Waals surface area contributed by atoms with Gasteiger partial charge in [-0.1, -0.05) is 54.1 Å². The van der Waals surface area contributed by atoms with E-state index >= 15 is 0 Å². The Bertz CT molecular complexity index is 1550. The normalized spacial score (nSPS) is 10.9. The van der Waals surface area contributed by atoms with Crippen LogP contribution >= 0.6 is 0 Å². The molecule has 0 radical (unpaired) electrons. The molecule has 0 atom stereocenters. The number of hydrogen-bond acceptors (Lipinski definition) is 4. The molecule has 5 nitrogen and oxygen atoms in total. The quantitative estimate of drug-likeness (QED) is 0.179. The van der Waals surface area contributed by atoms with Gasteiger partial charge < -0.3 is 18.8 Å². The fourth-order valence-corrected chi connectivity index (χ4v) is 4.84. The van der Waals surface area contributed by atoms with Crippen molar-refractivity contribution in [3.05, 3.63) is 119 Å². The molecular weight excluding hydrogens is 486 g/mol. The first-order chi connectivity index (χ1) is 19.0. The molecule has 0 N–H and O–H groups in total. The molecule has 0 aliphatic carbocycles. The maximum atomic E-state index is 11.6. The second-order valence-electron chi connectivity index (χ2n) is 9.62. The van der Waals surface area contributed by atoms with Crippen LogP contribution < -0.4 is 9.47 Å². The van der Waals surface area contributed by atoms with E-state index in [2.05, 4.69) is 60.9 Å². The van der Waals surface area contributed by atoms with E-state index in [1.807, 2.05) is 54.6 Å². The van der Waals surface area contributed by atoms with E-state index in [1.165, 1.54) is 27.7 Å². The van der Waals surface area contributed by atoms with Crippen molar-refractivity contribution in [1.82, 2.24) is 4.57 Å². The summed E-state index contributed by atoms with van der Waals surface area (Å²) in [4.78, 5) is 11.6. The summed E-state index contributed by atoms with van der Waals surface area (Å²) in [5, 5.41) is 1.25. The zero-order chi connectivity index (χ0) is 27.2. The molecule has 5 rings (SSSR count). The summed E-state index contributed by atoms with van der Waals surface area (Å²) in [5.74, 6) is 1.12. The molecule has 0 unspecified atom stereocenters. The minimum Gasteiger partial charge on any atom is -0.489 e. The van der Waals surface area contributed by atoms with Gasteiger partial charge in [0.25, 0.3) is 0 Å². The van der Waals surface area contributed by atoms with Crippen molar-refractivity contribution in [2.24, 2.45) is 0 Å². The monoisotopic (exact) mass is 519 g/mol. The van der Waals surface area contributed by atoms with Gasteiger partial charge in [-0.05, 0) is 91.6 Å². The van der Waals surface area contributed by atoms with Gasteiger partial charge in [-0.15, -0.1) is 0 Å². The molecule has 4 aromatic carbocycles. The summed E-state index contributed by atoms with van der Waals surface area (Å²) in [6.45, 7) is 7.60. The van der Waals surface area contributed by atoms with Crippen molar-refractivity contribution < 1.29 is 19.0 Å². The maximum absolute atomic E-state index is 11.6. The molecule has 0 aliphatic rings. The molecule has 0 aliphatic heterocycles. The molecule has 0 spiro atoms. The lowest BCUT2D eigenvalue weighted by Gasteiger charge is -2.14. The number of ether oxygens (including phenoxy) is 3. The molecule has 1 heterocycles. The predicted molar refractivity (Wildman–Crippen MR) is 155 cm³/mol. The Morgan fingerprint density at radius 1 is 0.769 bits per heavy atom. The van der Waals surface area contributed by atoms with Gasteiger partial charge >= 0.3 is 5.97 Å². The number of carbonyl (C=O) groups is 1. The largest absolute Gasteiger partial charge is 0.489 e. The van der Waals surface area contributed by atoms with Crippen LogP contribution in [0, 0.1) is 13.8 Å². The van der Waals surface area contributed by atoms with Crippen molar-refractivity contribution in [2.75, 3.05) is 13.2 Å². The van der Waals surface area contributed by atoms with Gasteiger partial charge in [0.1, 0.15) is 18.1 Å². The van der Waals surface area contributed by atoms with Crippen molar-refractivity contribution in [3.63, 3.8) is 0 Å². The fourth-order valence-electron chi connectivity index (χ4n) is 4.84. The summed E-state index contributed by atoms with van der Waals surface area (Å²) in [6.07, 6.45) is 0. The van der Waals surface area contributed by atoms with Gasteiger partial charge in [0.15, 0.2) is 6.61 Å². The van der Waals surface area contributed by atoms with Crippen LogP contribution in [0.15, 0.2) is 97.1 Å². The molecule has 0 fully saturated rings. The molecule has 39 heavy (non-hydrogen) atoms. The zero-order valence-corrected chi connectivity index (χ0v) is 22.6. The number of hydrogen-bond donors (Lipinski definition) is 0. The highest BCUT2D eigenvalue weighted by Crippen LogP contribution is 2.35. The third-order valence-corrected chi connectivity index (χ3v) is 6.77. The molecule has 0 amide bonds. The molecular formula is C34H33NO4. The second kappa shape index (κ2) is 11.9. The van der Waals surface area contributed by atoms with Crippen LogP contribution in [0.4, 0.5) is 0 Å². The van der Waals surface area contributed by atoms with Crippen molar-refractivity contribution in [2.45, 2.75) is 33.9 Å². The van der Waals surface area contributed by atoms with E-state index in [-0.39, 0.29) is 12.6 Å². The molecule has 0 saturated heterocycles. The minimum atomic E-state index is -0.368. The van der Waals surface area contributed by atoms with Gasteiger partial charge in [0.2, 0.25) is 0 Å². The average molecular weight is 520 g/mol. The Labute approximate surface area is 229 Å². The average Bonchev–Trinajstić information content (AvgIpc) is 3.22. The van der Waals surface area contributed by atoms with E-state index < -0.39 is 0 Å². The summed E-state index contributed by atoms with van der Waals surface area (Å²) in [7, 11) is 0. The molecule has 198 valence electrons. The number of aryl methyl sites for hydroxylation is 2. The first-order valence-corrected chi connectivity index (χ1v) is 13.3. The van der Waals surface area contributed by atoms with Crippen molar-refractivity contribution >= 4 is 16.9 Å². The highest BCUT2D eigenvalue weighted by molar-refractivity contribution is 5.92. The molecule has 0 bridgehead atoms. The zero-order valence-electron chi connectivity index (χ0n) is 22.6. The van der Waals surface area contributed by atoms with Crippen LogP contribution in [0.1, 0.15) is 29.2 Å². The van der Waals surface area contributed by atoms with Crippen molar-refractivity contribution in [1.29, 1.82) is 0 Å². The minimum absolute atomic E-state index is 0.0941. The van der Waals surface area contributed by atoms with E-state index in [0.29, 0.717) is 25.5 Å². The first-order valence-electron chi connectivity index (χ1n) is 13.3. The number of carbonyl (C=O) groups excluding carboxylic acids is 1. The van der Waals surface area contributed by atoms with Crippen LogP contribution in [0.25, 0.3) is 22.2 Å². The van der Waals surface area contributed by atoms with Gasteiger partial charge in [0, 0.05) is 17.4 Å². The fraction of sp³-hybridized carbons (Fsp3) is 0.206. The topological polar surface area (TPSA) is 49.7 Å². The van der Waals surface area contributed by atoms with Crippen LogP contribution in [-0.2, 0) is 22.7 Å². The Morgan fingerprint density at radius 3 is 2.18 bits per heavy atom. The summed E-state index contributed by atoms with van der Waals surface area (Å²) < 4.78 is 18.9. The van der Waals surface area contributed by atoms with Crippen LogP contribution in [0.2, 0.25) is 0 Å².